The number of ether oxygens (including phenoxy) is 1. The Morgan fingerprint density at radius 2 is 1.96 bits per heavy atom. The second-order valence-electron chi connectivity index (χ2n) is 6.14. The van der Waals surface area contributed by atoms with Gasteiger partial charge in [-0.25, -0.2) is 0 Å². The van der Waals surface area contributed by atoms with Crippen molar-refractivity contribution in [1.82, 2.24) is 5.32 Å². The Morgan fingerprint density at radius 3 is 2.64 bits per heavy atom. The highest BCUT2D eigenvalue weighted by Crippen LogP contribution is 2.27. The van der Waals surface area contributed by atoms with Crippen LogP contribution < -0.4 is 16.0 Å². The summed E-state index contributed by atoms with van der Waals surface area (Å²) in [5.41, 5.74) is 6.80. The average molecular weight is 345 g/mol. The first kappa shape index (κ1) is 16.9. The zero-order valence-electron chi connectivity index (χ0n) is 13.6. The lowest BCUT2D eigenvalue weighted by atomic mass is 10.1. The van der Waals surface area contributed by atoms with Gasteiger partial charge in [0.05, 0.1) is 0 Å². The molecule has 1 aromatic rings. The molecule has 0 bridgehead atoms. The Morgan fingerprint density at radius 1 is 1.20 bits per heavy atom. The number of fused-ring (bicyclic) bond motifs is 1. The van der Waals surface area contributed by atoms with Crippen LogP contribution in [0.5, 0.6) is 0 Å². The summed E-state index contributed by atoms with van der Waals surface area (Å²) in [6, 6.07) is 6.44. The summed E-state index contributed by atoms with van der Waals surface area (Å²) in [6.45, 7) is -0.263. The van der Waals surface area contributed by atoms with E-state index in [2.05, 4.69) is 5.32 Å². The van der Waals surface area contributed by atoms with Crippen LogP contribution in [-0.2, 0) is 30.3 Å². The first-order valence-corrected chi connectivity index (χ1v) is 8.13. The van der Waals surface area contributed by atoms with E-state index >= 15 is 0 Å². The van der Waals surface area contributed by atoms with Crippen LogP contribution in [0.15, 0.2) is 24.3 Å². The molecule has 3 rings (SSSR count). The van der Waals surface area contributed by atoms with E-state index in [1.54, 1.807) is 12.1 Å². The van der Waals surface area contributed by atoms with Gasteiger partial charge < -0.3 is 20.7 Å². The fraction of sp³-hybridized carbons (Fsp3) is 0.412. The number of para-hydroxylation sites is 1. The van der Waals surface area contributed by atoms with Crippen molar-refractivity contribution in [2.45, 2.75) is 37.8 Å². The van der Waals surface area contributed by atoms with E-state index in [9.17, 15) is 19.2 Å². The molecule has 2 heterocycles. The van der Waals surface area contributed by atoms with E-state index in [1.165, 1.54) is 4.90 Å². The fourth-order valence-corrected chi connectivity index (χ4v) is 3.14. The van der Waals surface area contributed by atoms with Gasteiger partial charge in [0.15, 0.2) is 6.10 Å². The minimum atomic E-state index is -0.865. The topological polar surface area (TPSA) is 119 Å². The molecule has 1 unspecified atom stereocenters. The van der Waals surface area contributed by atoms with E-state index in [0.717, 1.165) is 5.56 Å². The van der Waals surface area contributed by atoms with Gasteiger partial charge in [-0.2, -0.15) is 0 Å². The second kappa shape index (κ2) is 6.92. The monoisotopic (exact) mass is 345 g/mol. The van der Waals surface area contributed by atoms with Crippen molar-refractivity contribution in [3.8, 4) is 0 Å². The summed E-state index contributed by atoms with van der Waals surface area (Å²) in [5, 5.41) is 2.65. The highest BCUT2D eigenvalue weighted by molar-refractivity contribution is 6.04. The molecule has 0 aromatic heterocycles. The van der Waals surface area contributed by atoms with Gasteiger partial charge in [0.1, 0.15) is 12.6 Å². The Kier molecular flexibility index (Phi) is 4.69. The molecule has 2 atom stereocenters. The minimum absolute atomic E-state index is 0.190. The van der Waals surface area contributed by atoms with Gasteiger partial charge in [0.2, 0.25) is 11.8 Å². The van der Waals surface area contributed by atoms with E-state index in [-0.39, 0.29) is 13.0 Å². The summed E-state index contributed by atoms with van der Waals surface area (Å²) >= 11 is 0. The highest BCUT2D eigenvalue weighted by atomic mass is 16.6. The lowest BCUT2D eigenvalue weighted by Crippen LogP contribution is -2.52. The molecule has 3 amide bonds. The number of amides is 3. The molecule has 2 aliphatic heterocycles. The standard InChI is InChI=1S/C17H19N3O5/c18-14(21)9-20-12-4-2-1-3-10(12)5-6-11(17(20)24)19-16(23)13-7-8-15(22)25-13/h1-4,11,13H,5-9H2,(H2,18,21)(H,19,23)/t11?,13-/m0/s1. The number of benzene rings is 1. The van der Waals surface area contributed by atoms with Gasteiger partial charge in [0, 0.05) is 18.5 Å². The van der Waals surface area contributed by atoms with Gasteiger partial charge in [0.25, 0.3) is 5.91 Å². The molecule has 0 saturated carbocycles. The molecule has 0 spiro atoms. The normalized spacial score (nSPS) is 22.8. The first-order chi connectivity index (χ1) is 12.0. The summed E-state index contributed by atoms with van der Waals surface area (Å²) in [4.78, 5) is 49.0. The lowest BCUT2D eigenvalue weighted by molar-refractivity contribution is -0.148. The van der Waals surface area contributed by atoms with Crippen LogP contribution in [-0.4, -0.2) is 42.4 Å². The van der Waals surface area contributed by atoms with Crippen LogP contribution in [0.25, 0.3) is 0 Å². The number of nitrogens with zero attached hydrogens (tertiary/aromatic N) is 1. The quantitative estimate of drug-likeness (QED) is 0.723. The number of anilines is 1. The highest BCUT2D eigenvalue weighted by Gasteiger charge is 2.36. The van der Waals surface area contributed by atoms with Crippen LogP contribution in [0.4, 0.5) is 5.69 Å². The third-order valence-corrected chi connectivity index (χ3v) is 4.36. The van der Waals surface area contributed by atoms with Gasteiger partial charge in [-0.1, -0.05) is 18.2 Å². The molecule has 1 saturated heterocycles. The van der Waals surface area contributed by atoms with E-state index in [4.69, 9.17) is 10.5 Å². The molecule has 8 heteroatoms. The van der Waals surface area contributed by atoms with Crippen LogP contribution in [0.1, 0.15) is 24.8 Å². The molecule has 3 N–H and O–H groups in total. The summed E-state index contributed by atoms with van der Waals surface area (Å²) in [6.07, 6.45) is 0.576. The molecule has 0 radical (unpaired) electrons. The van der Waals surface area contributed by atoms with Crippen molar-refractivity contribution in [2.24, 2.45) is 5.73 Å². The lowest BCUT2D eigenvalue weighted by Gasteiger charge is -2.25. The summed E-state index contributed by atoms with van der Waals surface area (Å²) in [5.74, 6) is -1.95. The van der Waals surface area contributed by atoms with Gasteiger partial charge in [-0.05, 0) is 24.5 Å². The molecular weight excluding hydrogens is 326 g/mol. The number of carbonyl (C=O) groups excluding carboxylic acids is 4. The second-order valence-corrected chi connectivity index (χ2v) is 6.14. The van der Waals surface area contributed by atoms with Crippen LogP contribution in [0.2, 0.25) is 0 Å². The Balaban J connectivity index is 1.80. The number of carbonyl (C=O) groups is 4. The van der Waals surface area contributed by atoms with Crippen LogP contribution >= 0.6 is 0 Å². The number of rotatable bonds is 4. The number of nitrogens with two attached hydrogens (primary N) is 1. The predicted octanol–water partition coefficient (Wildman–Crippen LogP) is -0.358. The number of hydrogen-bond acceptors (Lipinski definition) is 5. The molecule has 132 valence electrons. The average Bonchev–Trinajstić information content (AvgIpc) is 2.97. The van der Waals surface area contributed by atoms with E-state index < -0.39 is 35.8 Å². The molecule has 2 aliphatic rings. The Labute approximate surface area is 144 Å². The van der Waals surface area contributed by atoms with Crippen LogP contribution in [0, 0.1) is 0 Å². The smallest absolute Gasteiger partial charge is 0.306 e. The predicted molar refractivity (Wildman–Crippen MR) is 87.4 cm³/mol. The fourth-order valence-electron chi connectivity index (χ4n) is 3.14. The van der Waals surface area contributed by atoms with Gasteiger partial charge >= 0.3 is 5.97 Å². The molecular formula is C17H19N3O5. The van der Waals surface area contributed by atoms with Crippen molar-refractivity contribution in [1.29, 1.82) is 0 Å². The number of cyclic esters (lactones) is 1. The number of esters is 1. The largest absolute Gasteiger partial charge is 0.452 e. The van der Waals surface area contributed by atoms with Crippen molar-refractivity contribution >= 4 is 29.4 Å². The number of aryl methyl sites for hydroxylation is 1. The van der Waals surface area contributed by atoms with Gasteiger partial charge in [-0.15, -0.1) is 0 Å². The maximum Gasteiger partial charge on any atom is 0.306 e. The summed E-state index contributed by atoms with van der Waals surface area (Å²) in [7, 11) is 0. The maximum absolute atomic E-state index is 12.9. The number of hydrogen-bond donors (Lipinski definition) is 2. The van der Waals surface area contributed by atoms with E-state index in [0.29, 0.717) is 24.9 Å². The molecule has 8 nitrogen and oxygen atoms in total. The SMILES string of the molecule is NC(=O)CN1C(=O)C(NC(=O)[C@@H]2CCC(=O)O2)CCc2ccccc21. The molecule has 1 aromatic carbocycles. The van der Waals surface area contributed by atoms with Crippen molar-refractivity contribution in [3.05, 3.63) is 29.8 Å². The van der Waals surface area contributed by atoms with E-state index in [1.807, 2.05) is 12.1 Å². The van der Waals surface area contributed by atoms with Crippen LogP contribution in [0.3, 0.4) is 0 Å². The molecule has 25 heavy (non-hydrogen) atoms. The zero-order chi connectivity index (χ0) is 18.0. The third-order valence-electron chi connectivity index (χ3n) is 4.36. The Bertz CT molecular complexity index is 733. The number of primary amides is 1. The first-order valence-electron chi connectivity index (χ1n) is 8.13. The third kappa shape index (κ3) is 3.62. The maximum atomic E-state index is 12.9. The number of nitrogens with one attached hydrogen (secondary N) is 1. The molecule has 0 aliphatic carbocycles. The minimum Gasteiger partial charge on any atom is -0.452 e. The van der Waals surface area contributed by atoms with Crippen molar-refractivity contribution in [3.63, 3.8) is 0 Å². The summed E-state index contributed by atoms with van der Waals surface area (Å²) < 4.78 is 4.93. The van der Waals surface area contributed by atoms with Crippen molar-refractivity contribution < 1.29 is 23.9 Å². The Hall–Kier alpha value is -2.90. The van der Waals surface area contributed by atoms with Gasteiger partial charge in [-0.3, -0.25) is 19.2 Å². The molecule has 1 fully saturated rings. The zero-order valence-corrected chi connectivity index (χ0v) is 13.6. The van der Waals surface area contributed by atoms with Crippen molar-refractivity contribution in [2.75, 3.05) is 11.4 Å².